The summed E-state index contributed by atoms with van der Waals surface area (Å²) in [7, 11) is -1.39. The van der Waals surface area contributed by atoms with Gasteiger partial charge < -0.3 is 14.8 Å². The summed E-state index contributed by atoms with van der Waals surface area (Å²) < 4.78 is 5.48. The number of ether oxygens (including phenoxy) is 1. The standard InChI is InChI=1S/C11H13BO3/c13-12(14)6-5-9-3-4-11-10(8-9)2-1-7-15-11/h3-6,8,13-14H,1-2,7H2/b6-5+. The molecule has 0 saturated carbocycles. The Labute approximate surface area is 89.2 Å². The lowest BCUT2D eigenvalue weighted by Gasteiger charge is -2.17. The summed E-state index contributed by atoms with van der Waals surface area (Å²) in [6, 6.07) is 5.86. The Bertz CT molecular complexity index is 374. The predicted molar refractivity (Wildman–Crippen MR) is 59.5 cm³/mol. The van der Waals surface area contributed by atoms with Crippen LogP contribution in [0.15, 0.2) is 24.2 Å². The minimum Gasteiger partial charge on any atom is -0.493 e. The molecule has 2 rings (SSSR count). The second-order valence-corrected chi connectivity index (χ2v) is 3.59. The molecule has 1 aromatic carbocycles. The number of hydrogen-bond donors (Lipinski definition) is 2. The molecule has 0 atom stereocenters. The molecular weight excluding hydrogens is 191 g/mol. The molecule has 3 nitrogen and oxygen atoms in total. The van der Waals surface area contributed by atoms with Gasteiger partial charge in [0, 0.05) is 0 Å². The average molecular weight is 204 g/mol. The lowest BCUT2D eigenvalue weighted by molar-refractivity contribution is 0.288. The summed E-state index contributed by atoms with van der Waals surface area (Å²) in [5.74, 6) is 2.29. The molecule has 0 unspecified atom stereocenters. The van der Waals surface area contributed by atoms with Crippen LogP contribution in [0.3, 0.4) is 0 Å². The van der Waals surface area contributed by atoms with Gasteiger partial charge in [0.05, 0.1) is 6.61 Å². The minimum atomic E-state index is -1.39. The van der Waals surface area contributed by atoms with Crippen molar-refractivity contribution in [3.8, 4) is 5.75 Å². The highest BCUT2D eigenvalue weighted by Gasteiger charge is 2.09. The van der Waals surface area contributed by atoms with Gasteiger partial charge in [-0.2, -0.15) is 0 Å². The highest BCUT2D eigenvalue weighted by molar-refractivity contribution is 6.48. The second-order valence-electron chi connectivity index (χ2n) is 3.59. The summed E-state index contributed by atoms with van der Waals surface area (Å²) in [6.07, 6.45) is 3.76. The largest absolute Gasteiger partial charge is 0.493 e. The van der Waals surface area contributed by atoms with E-state index in [9.17, 15) is 0 Å². The van der Waals surface area contributed by atoms with Gasteiger partial charge in [-0.25, -0.2) is 0 Å². The molecule has 0 aromatic heterocycles. The van der Waals surface area contributed by atoms with Crippen LogP contribution in [0.1, 0.15) is 17.5 Å². The number of rotatable bonds is 2. The number of aryl methyl sites for hydroxylation is 1. The van der Waals surface area contributed by atoms with Gasteiger partial charge in [0.1, 0.15) is 5.75 Å². The van der Waals surface area contributed by atoms with E-state index in [1.807, 2.05) is 18.2 Å². The van der Waals surface area contributed by atoms with Crippen molar-refractivity contribution in [3.05, 3.63) is 35.3 Å². The Morgan fingerprint density at radius 2 is 2.20 bits per heavy atom. The van der Waals surface area contributed by atoms with Crippen LogP contribution >= 0.6 is 0 Å². The van der Waals surface area contributed by atoms with Crippen LogP contribution in [0, 0.1) is 0 Å². The van der Waals surface area contributed by atoms with Crippen molar-refractivity contribution in [3.63, 3.8) is 0 Å². The third kappa shape index (κ3) is 2.61. The van der Waals surface area contributed by atoms with Crippen molar-refractivity contribution in [2.75, 3.05) is 6.61 Å². The topological polar surface area (TPSA) is 49.7 Å². The fourth-order valence-electron chi connectivity index (χ4n) is 1.68. The van der Waals surface area contributed by atoms with Crippen LogP contribution in [-0.4, -0.2) is 23.8 Å². The maximum atomic E-state index is 8.70. The quantitative estimate of drug-likeness (QED) is 0.707. The van der Waals surface area contributed by atoms with Crippen molar-refractivity contribution in [1.29, 1.82) is 0 Å². The Morgan fingerprint density at radius 1 is 1.33 bits per heavy atom. The summed E-state index contributed by atoms with van der Waals surface area (Å²) >= 11 is 0. The monoisotopic (exact) mass is 204 g/mol. The lowest BCUT2D eigenvalue weighted by atomic mass is 9.90. The Balaban J connectivity index is 2.20. The molecule has 0 saturated heterocycles. The van der Waals surface area contributed by atoms with Crippen LogP contribution in [0.4, 0.5) is 0 Å². The minimum absolute atomic E-state index is 0.789. The van der Waals surface area contributed by atoms with Crippen LogP contribution < -0.4 is 4.74 Å². The zero-order chi connectivity index (χ0) is 10.7. The molecule has 0 aliphatic carbocycles. The van der Waals surface area contributed by atoms with E-state index < -0.39 is 7.12 Å². The summed E-state index contributed by atoms with van der Waals surface area (Å²) in [5.41, 5.74) is 2.16. The molecule has 0 bridgehead atoms. The van der Waals surface area contributed by atoms with E-state index in [2.05, 4.69) is 0 Å². The van der Waals surface area contributed by atoms with Crippen molar-refractivity contribution in [1.82, 2.24) is 0 Å². The summed E-state index contributed by atoms with van der Waals surface area (Å²) in [6.45, 7) is 0.789. The zero-order valence-electron chi connectivity index (χ0n) is 8.39. The van der Waals surface area contributed by atoms with Crippen molar-refractivity contribution in [2.45, 2.75) is 12.8 Å². The first-order valence-electron chi connectivity index (χ1n) is 5.06. The molecule has 1 heterocycles. The van der Waals surface area contributed by atoms with Gasteiger partial charge in [-0.05, 0) is 36.1 Å². The Morgan fingerprint density at radius 3 is 3.00 bits per heavy atom. The highest BCUT2D eigenvalue weighted by Crippen LogP contribution is 2.25. The van der Waals surface area contributed by atoms with E-state index in [-0.39, 0.29) is 0 Å². The van der Waals surface area contributed by atoms with Crippen LogP contribution in [-0.2, 0) is 6.42 Å². The molecule has 1 aliphatic heterocycles. The first-order valence-corrected chi connectivity index (χ1v) is 5.06. The molecule has 4 heteroatoms. The molecule has 1 aliphatic rings. The van der Waals surface area contributed by atoms with Crippen LogP contribution in [0.2, 0.25) is 0 Å². The third-order valence-electron chi connectivity index (χ3n) is 2.39. The van der Waals surface area contributed by atoms with Gasteiger partial charge in [-0.1, -0.05) is 18.1 Å². The van der Waals surface area contributed by atoms with Gasteiger partial charge in [-0.3, -0.25) is 0 Å². The molecule has 0 spiro atoms. The van der Waals surface area contributed by atoms with Gasteiger partial charge in [0.15, 0.2) is 0 Å². The fraction of sp³-hybridized carbons (Fsp3) is 0.273. The van der Waals surface area contributed by atoms with Crippen molar-refractivity contribution >= 4 is 13.2 Å². The maximum absolute atomic E-state index is 8.70. The van der Waals surface area contributed by atoms with E-state index in [0.717, 1.165) is 30.8 Å². The molecule has 1 aromatic rings. The SMILES string of the molecule is OB(O)/C=C/c1ccc2c(c1)CCCO2. The molecule has 2 N–H and O–H groups in total. The predicted octanol–water partition coefficient (Wildman–Crippen LogP) is 1.04. The Hall–Kier alpha value is -1.26. The molecule has 0 radical (unpaired) electrons. The van der Waals surface area contributed by atoms with Crippen LogP contribution in [0.25, 0.3) is 6.08 Å². The first-order chi connectivity index (χ1) is 7.25. The van der Waals surface area contributed by atoms with E-state index in [1.165, 1.54) is 11.5 Å². The van der Waals surface area contributed by atoms with E-state index in [1.54, 1.807) is 6.08 Å². The molecule has 15 heavy (non-hydrogen) atoms. The normalized spacial score (nSPS) is 14.8. The number of fused-ring (bicyclic) bond motifs is 1. The fourth-order valence-corrected chi connectivity index (χ4v) is 1.68. The summed E-state index contributed by atoms with van der Waals surface area (Å²) in [5, 5.41) is 17.4. The second kappa shape index (κ2) is 4.51. The van der Waals surface area contributed by atoms with Crippen molar-refractivity contribution in [2.24, 2.45) is 0 Å². The molecule has 78 valence electrons. The van der Waals surface area contributed by atoms with Gasteiger partial charge in [-0.15, -0.1) is 0 Å². The number of hydrogen-bond acceptors (Lipinski definition) is 3. The summed E-state index contributed by atoms with van der Waals surface area (Å²) in [4.78, 5) is 0. The average Bonchev–Trinajstić information content (AvgIpc) is 2.26. The number of benzene rings is 1. The molecular formula is C11H13BO3. The van der Waals surface area contributed by atoms with Gasteiger partial charge in [0.25, 0.3) is 0 Å². The smallest absolute Gasteiger partial charge is 0.480 e. The van der Waals surface area contributed by atoms with Crippen molar-refractivity contribution < 1.29 is 14.8 Å². The van der Waals surface area contributed by atoms with Gasteiger partial charge >= 0.3 is 7.12 Å². The first kappa shape index (κ1) is 10.3. The molecule has 0 amide bonds. The Kier molecular flexibility index (Phi) is 3.09. The zero-order valence-corrected chi connectivity index (χ0v) is 8.39. The molecule has 0 fully saturated rings. The van der Waals surface area contributed by atoms with E-state index in [0.29, 0.717) is 0 Å². The maximum Gasteiger partial charge on any atom is 0.480 e. The van der Waals surface area contributed by atoms with Crippen LogP contribution in [0.5, 0.6) is 5.75 Å². The van der Waals surface area contributed by atoms with E-state index in [4.69, 9.17) is 14.8 Å². The highest BCUT2D eigenvalue weighted by atomic mass is 16.5. The third-order valence-corrected chi connectivity index (χ3v) is 2.39. The van der Waals surface area contributed by atoms with Gasteiger partial charge in [0.2, 0.25) is 0 Å². The lowest BCUT2D eigenvalue weighted by Crippen LogP contribution is -2.08. The van der Waals surface area contributed by atoms with E-state index >= 15 is 0 Å².